The molecule has 276 valence electrons. The fraction of sp³-hybridized carbons (Fsp3) is 0.343. The summed E-state index contributed by atoms with van der Waals surface area (Å²) in [6.07, 6.45) is -0.267. The number of carbonyl (C=O) groups is 5. The molecule has 2 saturated heterocycles. The molecule has 2 heterocycles. The lowest BCUT2D eigenvalue weighted by molar-refractivity contribution is -0.166. The fourth-order valence-electron chi connectivity index (χ4n) is 5.69. The van der Waals surface area contributed by atoms with Crippen LogP contribution in [0.4, 0.5) is 9.59 Å². The Morgan fingerprint density at radius 1 is 0.885 bits per heavy atom. The number of carbonyl (C=O) groups excluding carboxylic acids is 5. The summed E-state index contributed by atoms with van der Waals surface area (Å²) < 4.78 is 17.3. The number of nitrogens with zero attached hydrogens (tertiary/aromatic N) is 1. The summed E-state index contributed by atoms with van der Waals surface area (Å²) >= 11 is 19.8. The van der Waals surface area contributed by atoms with E-state index in [2.05, 4.69) is 10.6 Å². The van der Waals surface area contributed by atoms with Crippen LogP contribution in [-0.4, -0.2) is 72.6 Å². The number of nitrogens with one attached hydrogen (secondary N) is 2. The predicted molar refractivity (Wildman–Crippen MR) is 198 cm³/mol. The Morgan fingerprint density at radius 3 is 2.02 bits per heavy atom. The highest BCUT2D eigenvalue weighted by Gasteiger charge is 2.73. The van der Waals surface area contributed by atoms with E-state index in [1.165, 1.54) is 52.7 Å². The molecule has 0 aliphatic carbocycles. The molecule has 12 nitrogen and oxygen atoms in total. The van der Waals surface area contributed by atoms with Gasteiger partial charge in [-0.3, -0.25) is 14.5 Å². The molecule has 3 aromatic rings. The van der Waals surface area contributed by atoms with Crippen LogP contribution in [0.15, 0.2) is 84.9 Å². The van der Waals surface area contributed by atoms with Crippen LogP contribution in [0.1, 0.15) is 36.6 Å². The summed E-state index contributed by atoms with van der Waals surface area (Å²) in [5.41, 5.74) is 1.80. The SMILES string of the molecule is CSC12SC(C)(C)[C@H](C(=O)OCc3ccccc3)N1C(=O)[C@H]2NC(=O)C(NC(=O)OCC(Cl)(Cl)Cl)c1ccc(OC(=O)OCc2ccccc2)cc1. The van der Waals surface area contributed by atoms with E-state index in [0.717, 1.165) is 11.1 Å². The first-order chi connectivity index (χ1) is 24.6. The molecule has 2 N–H and O–H groups in total. The van der Waals surface area contributed by atoms with Crippen LogP contribution in [-0.2, 0) is 41.8 Å². The van der Waals surface area contributed by atoms with Crippen molar-refractivity contribution in [3.05, 3.63) is 102 Å². The first-order valence-corrected chi connectivity index (χ1v) is 18.9. The molecule has 2 unspecified atom stereocenters. The molecule has 4 atom stereocenters. The largest absolute Gasteiger partial charge is 0.514 e. The maximum absolute atomic E-state index is 13.9. The van der Waals surface area contributed by atoms with Gasteiger partial charge < -0.3 is 29.6 Å². The van der Waals surface area contributed by atoms with E-state index in [0.29, 0.717) is 0 Å². The molecule has 5 rings (SSSR count). The molecule has 0 bridgehead atoms. The molecule has 3 aromatic carbocycles. The van der Waals surface area contributed by atoms with Gasteiger partial charge >= 0.3 is 18.2 Å². The van der Waals surface area contributed by atoms with Crippen LogP contribution in [0.2, 0.25) is 0 Å². The van der Waals surface area contributed by atoms with E-state index in [9.17, 15) is 24.0 Å². The van der Waals surface area contributed by atoms with Gasteiger partial charge in [-0.1, -0.05) is 108 Å². The van der Waals surface area contributed by atoms with Gasteiger partial charge in [-0.15, -0.1) is 23.5 Å². The number of alkyl carbamates (subject to hydrolysis) is 1. The molecule has 2 aliphatic heterocycles. The van der Waals surface area contributed by atoms with E-state index in [1.54, 1.807) is 18.4 Å². The van der Waals surface area contributed by atoms with E-state index in [1.807, 2.05) is 62.4 Å². The monoisotopic (exact) mass is 809 g/mol. The Balaban J connectivity index is 1.30. The van der Waals surface area contributed by atoms with Crippen molar-refractivity contribution < 1.29 is 42.9 Å². The number of benzene rings is 3. The molecule has 0 spiro atoms. The quantitative estimate of drug-likeness (QED) is 0.0677. The first-order valence-electron chi connectivity index (χ1n) is 15.7. The van der Waals surface area contributed by atoms with Crippen LogP contribution in [0.25, 0.3) is 0 Å². The summed E-state index contributed by atoms with van der Waals surface area (Å²) in [5, 5.41) is 5.21. The number of β-lactam (4-membered cyclic amide) rings is 1. The third-order valence-electron chi connectivity index (χ3n) is 8.04. The van der Waals surface area contributed by atoms with Gasteiger partial charge in [0, 0.05) is 4.75 Å². The maximum Gasteiger partial charge on any atom is 0.514 e. The molecular weight excluding hydrogens is 777 g/mol. The van der Waals surface area contributed by atoms with Crippen LogP contribution in [0, 0.1) is 0 Å². The second-order valence-electron chi connectivity index (χ2n) is 12.2. The van der Waals surface area contributed by atoms with Crippen molar-refractivity contribution in [2.75, 3.05) is 12.9 Å². The lowest BCUT2D eigenvalue weighted by atomic mass is 9.95. The van der Waals surface area contributed by atoms with Crippen molar-refractivity contribution in [2.24, 2.45) is 0 Å². The van der Waals surface area contributed by atoms with Gasteiger partial charge in [0.05, 0.1) is 0 Å². The molecule has 3 amide bonds. The normalized spacial score (nSPS) is 20.8. The summed E-state index contributed by atoms with van der Waals surface area (Å²) in [6.45, 7) is 3.09. The molecule has 0 radical (unpaired) electrons. The number of amides is 3. The number of thioether (sulfide) groups is 2. The Hall–Kier alpha value is -3.82. The Bertz CT molecular complexity index is 1780. The molecule has 0 saturated carbocycles. The summed E-state index contributed by atoms with van der Waals surface area (Å²) in [5.74, 6) is -1.75. The van der Waals surface area contributed by atoms with Crippen LogP contribution >= 0.6 is 58.3 Å². The molecular formula is C35H34Cl3N3O9S2. The number of halogens is 3. The highest BCUT2D eigenvalue weighted by atomic mass is 35.6. The van der Waals surface area contributed by atoms with E-state index in [-0.39, 0.29) is 24.5 Å². The maximum atomic E-state index is 13.9. The van der Waals surface area contributed by atoms with E-state index < -0.39 is 67.5 Å². The smallest absolute Gasteiger partial charge is 0.459 e. The number of alkyl halides is 3. The highest BCUT2D eigenvalue weighted by molar-refractivity contribution is 8.19. The second kappa shape index (κ2) is 16.5. The van der Waals surface area contributed by atoms with Gasteiger partial charge in [-0.05, 0) is 48.9 Å². The van der Waals surface area contributed by atoms with Gasteiger partial charge in [0.1, 0.15) is 37.7 Å². The second-order valence-corrected chi connectivity index (χ2v) is 17.8. The topological polar surface area (TPSA) is 150 Å². The number of esters is 1. The lowest BCUT2D eigenvalue weighted by Gasteiger charge is -2.52. The average Bonchev–Trinajstić information content (AvgIpc) is 3.35. The van der Waals surface area contributed by atoms with Crippen molar-refractivity contribution in [3.8, 4) is 5.75 Å². The molecule has 17 heteroatoms. The van der Waals surface area contributed by atoms with E-state index in [4.69, 9.17) is 53.8 Å². The minimum atomic E-state index is -1.92. The summed E-state index contributed by atoms with van der Waals surface area (Å²) in [4.78, 5) is 67.7. The van der Waals surface area contributed by atoms with Crippen molar-refractivity contribution in [1.82, 2.24) is 15.5 Å². The van der Waals surface area contributed by atoms with Crippen LogP contribution < -0.4 is 15.4 Å². The third kappa shape index (κ3) is 9.21. The van der Waals surface area contributed by atoms with Crippen LogP contribution in [0.3, 0.4) is 0 Å². The van der Waals surface area contributed by atoms with Crippen LogP contribution in [0.5, 0.6) is 5.75 Å². The molecule has 2 fully saturated rings. The number of rotatable bonds is 12. The number of ether oxygens (including phenoxy) is 4. The zero-order valence-electron chi connectivity index (χ0n) is 28.0. The average molecular weight is 811 g/mol. The van der Waals surface area contributed by atoms with Crippen molar-refractivity contribution in [2.45, 2.75) is 57.9 Å². The fourth-order valence-corrected chi connectivity index (χ4v) is 9.26. The van der Waals surface area contributed by atoms with Gasteiger partial charge in [0.25, 0.3) is 5.91 Å². The van der Waals surface area contributed by atoms with Crippen molar-refractivity contribution >= 4 is 88.4 Å². The standard InChI is InChI=1S/C35H34Cl3N3O9S2/c1-33(2)27(30(44)47-18-21-10-6-4-7-11-21)41-29(43)26(35(41,51-3)52-33)40-28(42)25(39-31(45)49-20-34(36,37)38)23-14-16-24(17-15-23)50-32(46)48-19-22-12-8-5-9-13-22/h4-17,25-27H,18-20H2,1-3H3,(H,39,45)(H,40,42)/t25?,26-,27+,35?/m1/s1. The zero-order valence-corrected chi connectivity index (χ0v) is 31.9. The van der Waals surface area contributed by atoms with Gasteiger partial charge in [-0.2, -0.15) is 0 Å². The minimum Gasteiger partial charge on any atom is -0.459 e. The molecule has 2 aliphatic rings. The number of fused-ring (bicyclic) bond motifs is 1. The first kappa shape index (κ1) is 39.4. The van der Waals surface area contributed by atoms with E-state index >= 15 is 0 Å². The predicted octanol–water partition coefficient (Wildman–Crippen LogP) is 6.52. The Labute approximate surface area is 323 Å². The number of hydrogen-bond donors (Lipinski definition) is 2. The third-order valence-corrected chi connectivity index (χ3v) is 11.6. The van der Waals surface area contributed by atoms with Crippen molar-refractivity contribution in [1.29, 1.82) is 0 Å². The highest BCUT2D eigenvalue weighted by Crippen LogP contribution is 2.63. The lowest BCUT2D eigenvalue weighted by Crippen LogP contribution is -2.77. The molecule has 0 aromatic heterocycles. The Morgan fingerprint density at radius 2 is 1.46 bits per heavy atom. The van der Waals surface area contributed by atoms with Gasteiger partial charge in [-0.25, -0.2) is 14.4 Å². The van der Waals surface area contributed by atoms with Crippen molar-refractivity contribution in [3.63, 3.8) is 0 Å². The zero-order chi connectivity index (χ0) is 37.7. The Kier molecular flexibility index (Phi) is 12.5. The minimum absolute atomic E-state index is 0.000164. The van der Waals surface area contributed by atoms with Gasteiger partial charge in [0.2, 0.25) is 9.70 Å². The summed E-state index contributed by atoms with van der Waals surface area (Å²) in [6, 6.07) is 20.4. The summed E-state index contributed by atoms with van der Waals surface area (Å²) in [7, 11) is 0. The molecule has 52 heavy (non-hydrogen) atoms. The number of hydrogen-bond acceptors (Lipinski definition) is 11. The van der Waals surface area contributed by atoms with Gasteiger partial charge in [0.15, 0.2) is 10.2 Å².